The fourth-order valence-corrected chi connectivity index (χ4v) is 3.18. The fraction of sp³-hybridized carbons (Fsp3) is 0.478. The first-order chi connectivity index (χ1) is 13.0. The first-order valence-electron chi connectivity index (χ1n) is 9.87. The number of hydrogen-bond acceptors (Lipinski definition) is 2. The Morgan fingerprint density at radius 3 is 2.74 bits per heavy atom. The number of rotatable bonds is 12. The number of hydrogen-bond donors (Lipinski definition) is 1. The van der Waals surface area contributed by atoms with Crippen LogP contribution < -0.4 is 0 Å². The third-order valence-corrected chi connectivity index (χ3v) is 4.75. The number of aliphatic hydroxyl groups excluding tert-OH is 1. The van der Waals surface area contributed by atoms with Gasteiger partial charge >= 0.3 is 0 Å². The molecule has 1 aromatic heterocycles. The molecule has 0 spiro atoms. The number of halogens is 1. The van der Waals surface area contributed by atoms with Gasteiger partial charge in [-0.2, -0.15) is 0 Å². The van der Waals surface area contributed by atoms with Crippen molar-refractivity contribution in [2.75, 3.05) is 13.1 Å². The molecule has 0 fully saturated rings. The van der Waals surface area contributed by atoms with Crippen LogP contribution in [0.5, 0.6) is 0 Å². The van der Waals surface area contributed by atoms with Crippen LogP contribution in [0.2, 0.25) is 0 Å². The zero-order valence-electron chi connectivity index (χ0n) is 16.6. The van der Waals surface area contributed by atoms with Crippen molar-refractivity contribution in [3.8, 4) is 0 Å². The Labute approximate surface area is 163 Å². The molecule has 0 bridgehead atoms. The summed E-state index contributed by atoms with van der Waals surface area (Å²) in [4.78, 5) is 2.32. The summed E-state index contributed by atoms with van der Waals surface area (Å²) in [6.07, 6.45) is 6.21. The summed E-state index contributed by atoms with van der Waals surface area (Å²) in [5.41, 5.74) is 2.13. The molecule has 0 aliphatic carbocycles. The first kappa shape index (κ1) is 21.4. The van der Waals surface area contributed by atoms with E-state index in [9.17, 15) is 9.50 Å². The van der Waals surface area contributed by atoms with E-state index in [2.05, 4.69) is 36.0 Å². The summed E-state index contributed by atoms with van der Waals surface area (Å²) in [7, 11) is 0. The van der Waals surface area contributed by atoms with Gasteiger partial charge in [-0.25, -0.2) is 4.39 Å². The Hall–Kier alpha value is -1.91. The second kappa shape index (κ2) is 11.1. The Kier molecular flexibility index (Phi) is 8.76. The second-order valence-corrected chi connectivity index (χ2v) is 7.69. The maximum absolute atomic E-state index is 13.5. The standard InChI is InChI=1S/C23H33FN2O/c1-4-5-11-23(27)18-25(14-12-19(2)3)17-22-10-7-13-26(22)16-20-8-6-9-21(24)15-20/h4,6-10,13,15,19,23,27H,1,5,11-12,14,16-18H2,2-3H3/t23-/m1/s1. The molecule has 148 valence electrons. The van der Waals surface area contributed by atoms with Crippen molar-refractivity contribution in [2.24, 2.45) is 5.92 Å². The Balaban J connectivity index is 2.05. The van der Waals surface area contributed by atoms with E-state index < -0.39 is 0 Å². The number of aliphatic hydroxyl groups is 1. The van der Waals surface area contributed by atoms with Crippen LogP contribution >= 0.6 is 0 Å². The summed E-state index contributed by atoms with van der Waals surface area (Å²) in [6, 6.07) is 10.9. The van der Waals surface area contributed by atoms with Crippen molar-refractivity contribution in [1.82, 2.24) is 9.47 Å². The monoisotopic (exact) mass is 372 g/mol. The molecule has 2 rings (SSSR count). The van der Waals surface area contributed by atoms with E-state index >= 15 is 0 Å². The highest BCUT2D eigenvalue weighted by Crippen LogP contribution is 2.14. The zero-order valence-corrected chi connectivity index (χ0v) is 16.6. The molecule has 2 aromatic rings. The van der Waals surface area contributed by atoms with E-state index in [0.717, 1.165) is 37.9 Å². The Bertz CT molecular complexity index is 695. The van der Waals surface area contributed by atoms with Gasteiger partial charge in [0, 0.05) is 31.5 Å². The van der Waals surface area contributed by atoms with Crippen LogP contribution in [-0.4, -0.2) is 33.8 Å². The van der Waals surface area contributed by atoms with Gasteiger partial charge in [-0.1, -0.05) is 32.1 Å². The third kappa shape index (κ3) is 7.69. The predicted molar refractivity (Wildman–Crippen MR) is 110 cm³/mol. The van der Waals surface area contributed by atoms with Gasteiger partial charge < -0.3 is 9.67 Å². The van der Waals surface area contributed by atoms with Crippen molar-refractivity contribution in [1.29, 1.82) is 0 Å². The van der Waals surface area contributed by atoms with E-state index in [1.54, 1.807) is 12.1 Å². The maximum atomic E-state index is 13.5. The summed E-state index contributed by atoms with van der Waals surface area (Å²) in [5, 5.41) is 10.3. The molecule has 0 radical (unpaired) electrons. The Morgan fingerprint density at radius 1 is 1.22 bits per heavy atom. The quantitative estimate of drug-likeness (QED) is 0.540. The van der Waals surface area contributed by atoms with Crippen LogP contribution in [0, 0.1) is 11.7 Å². The molecule has 1 heterocycles. The van der Waals surface area contributed by atoms with Gasteiger partial charge in [0.05, 0.1) is 6.10 Å². The summed E-state index contributed by atoms with van der Waals surface area (Å²) >= 11 is 0. The van der Waals surface area contributed by atoms with E-state index in [1.165, 1.54) is 11.8 Å². The molecule has 0 saturated heterocycles. The third-order valence-electron chi connectivity index (χ3n) is 4.75. The molecule has 1 aromatic carbocycles. The first-order valence-corrected chi connectivity index (χ1v) is 9.87. The van der Waals surface area contributed by atoms with Gasteiger partial charge in [-0.3, -0.25) is 4.90 Å². The van der Waals surface area contributed by atoms with Crippen LogP contribution in [0.4, 0.5) is 4.39 Å². The largest absolute Gasteiger partial charge is 0.392 e. The van der Waals surface area contributed by atoms with Crippen molar-refractivity contribution < 1.29 is 9.50 Å². The molecule has 4 heteroatoms. The molecular weight excluding hydrogens is 339 g/mol. The van der Waals surface area contributed by atoms with Gasteiger partial charge in [-0.05, 0) is 61.6 Å². The van der Waals surface area contributed by atoms with Crippen LogP contribution in [-0.2, 0) is 13.1 Å². The average Bonchev–Trinajstić information content (AvgIpc) is 3.04. The van der Waals surface area contributed by atoms with Crippen molar-refractivity contribution >= 4 is 0 Å². The molecule has 0 saturated carbocycles. The molecule has 1 atom stereocenters. The minimum Gasteiger partial charge on any atom is -0.392 e. The molecule has 27 heavy (non-hydrogen) atoms. The van der Waals surface area contributed by atoms with Gasteiger partial charge in [0.15, 0.2) is 0 Å². The molecule has 0 amide bonds. The number of aromatic nitrogens is 1. The minimum atomic E-state index is -0.346. The lowest BCUT2D eigenvalue weighted by atomic mass is 10.1. The predicted octanol–water partition coefficient (Wildman–Crippen LogP) is 4.85. The fourth-order valence-electron chi connectivity index (χ4n) is 3.18. The van der Waals surface area contributed by atoms with Crippen LogP contribution in [0.15, 0.2) is 55.3 Å². The lowest BCUT2D eigenvalue weighted by Crippen LogP contribution is -2.34. The Morgan fingerprint density at radius 2 is 2.04 bits per heavy atom. The molecule has 3 nitrogen and oxygen atoms in total. The summed E-state index contributed by atoms with van der Waals surface area (Å²) < 4.78 is 15.6. The highest BCUT2D eigenvalue weighted by atomic mass is 19.1. The highest BCUT2D eigenvalue weighted by Gasteiger charge is 2.14. The molecule has 0 aliphatic rings. The van der Waals surface area contributed by atoms with Gasteiger partial charge in [-0.15, -0.1) is 6.58 Å². The molecule has 1 N–H and O–H groups in total. The normalized spacial score (nSPS) is 12.7. The zero-order chi connectivity index (χ0) is 19.6. The molecule has 0 unspecified atom stereocenters. The van der Waals surface area contributed by atoms with E-state index in [-0.39, 0.29) is 11.9 Å². The number of allylic oxidation sites excluding steroid dienone is 1. The summed E-state index contributed by atoms with van der Waals surface area (Å²) in [5.74, 6) is 0.419. The van der Waals surface area contributed by atoms with Crippen molar-refractivity contribution in [3.05, 3.63) is 72.3 Å². The topological polar surface area (TPSA) is 28.4 Å². The van der Waals surface area contributed by atoms with Gasteiger partial charge in [0.2, 0.25) is 0 Å². The average molecular weight is 373 g/mol. The minimum absolute atomic E-state index is 0.204. The molecule has 0 aliphatic heterocycles. The maximum Gasteiger partial charge on any atom is 0.123 e. The lowest BCUT2D eigenvalue weighted by Gasteiger charge is -2.26. The summed E-state index contributed by atoms with van der Waals surface area (Å²) in [6.45, 7) is 11.2. The second-order valence-electron chi connectivity index (χ2n) is 7.69. The molecular formula is C23H33FN2O. The van der Waals surface area contributed by atoms with Gasteiger partial charge in [0.1, 0.15) is 5.82 Å². The smallest absolute Gasteiger partial charge is 0.123 e. The van der Waals surface area contributed by atoms with Crippen molar-refractivity contribution in [3.63, 3.8) is 0 Å². The highest BCUT2D eigenvalue weighted by molar-refractivity contribution is 5.18. The number of benzene rings is 1. The van der Waals surface area contributed by atoms with Crippen molar-refractivity contribution in [2.45, 2.75) is 52.3 Å². The van der Waals surface area contributed by atoms with Crippen LogP contribution in [0.25, 0.3) is 0 Å². The lowest BCUT2D eigenvalue weighted by molar-refractivity contribution is 0.0982. The van der Waals surface area contributed by atoms with E-state index in [0.29, 0.717) is 19.0 Å². The van der Waals surface area contributed by atoms with Crippen LogP contribution in [0.3, 0.4) is 0 Å². The van der Waals surface area contributed by atoms with Crippen LogP contribution in [0.1, 0.15) is 44.4 Å². The number of nitrogens with zero attached hydrogens (tertiary/aromatic N) is 2. The van der Waals surface area contributed by atoms with Gasteiger partial charge in [0.25, 0.3) is 0 Å². The van der Waals surface area contributed by atoms with E-state index in [4.69, 9.17) is 0 Å². The SMILES string of the molecule is C=CCC[C@@H](O)CN(CCC(C)C)Cc1cccn1Cc1cccc(F)c1. The van der Waals surface area contributed by atoms with E-state index in [1.807, 2.05) is 24.4 Å².